The quantitative estimate of drug-likeness (QED) is 0.0853. The predicted octanol–water partition coefficient (Wildman–Crippen LogP) is 28.6. The second kappa shape index (κ2) is 25.3. The molecule has 0 radical (unpaired) electrons. The number of benzene rings is 15. The maximum atomic E-state index is 2.79. The Morgan fingerprint density at radius 1 is 0.232 bits per heavy atom. The van der Waals surface area contributed by atoms with Crippen LogP contribution in [0.4, 0.5) is 34.1 Å². The van der Waals surface area contributed by atoms with Gasteiger partial charge in [-0.2, -0.15) is 0 Å². The number of anilines is 6. The molecule has 0 atom stereocenters. The Kier molecular flexibility index (Phi) is 16.4. The Morgan fingerprint density at radius 2 is 0.589 bits per heavy atom. The first-order valence-electron chi connectivity index (χ1n) is 40.8. The van der Waals surface area contributed by atoms with Crippen molar-refractivity contribution in [2.45, 2.75) is 183 Å². The molecule has 0 fully saturated rings. The molecule has 4 heteroatoms. The predicted molar refractivity (Wildman–Crippen MR) is 488 cm³/mol. The zero-order valence-corrected chi connectivity index (χ0v) is 69.7. The monoisotopic (exact) mass is 1460 g/mol. The van der Waals surface area contributed by atoms with Crippen molar-refractivity contribution in [2.75, 3.05) is 9.80 Å². The van der Waals surface area contributed by atoms with Crippen LogP contribution >= 0.6 is 0 Å². The molecule has 1 aromatic heterocycles. The molecule has 556 valence electrons. The number of hydrogen-bond acceptors (Lipinski definition) is 2. The summed E-state index contributed by atoms with van der Waals surface area (Å²) in [5.74, 6) is 0. The molecule has 0 N–H and O–H groups in total. The van der Waals surface area contributed by atoms with E-state index in [0.29, 0.717) is 0 Å². The SMILES string of the molecule is CC(C)(C)c1cccc(-c2cccc(-c3cccc(C(C)(C)C)c3)c2N2c3ccc(-c4cc(C(C)(C)C)cc(C(C)(C)C)c4)cc3B3c4ccc(-n5c6ccc7cccc8c9cccc%10ccc5c(c%109)c6c78)cc4N(c4c(-c5cccc(C(C)(C)C)c5)cccc4-c4cccc(C(C)(C)C)c4)c4cc(C(C)(C)C)cc2c43)c1. The van der Waals surface area contributed by atoms with Crippen molar-refractivity contribution in [3.05, 3.63) is 300 Å². The molecular formula is C108H106BN3. The van der Waals surface area contributed by atoms with E-state index in [4.69, 9.17) is 0 Å². The van der Waals surface area contributed by atoms with Gasteiger partial charge in [0.25, 0.3) is 6.71 Å². The van der Waals surface area contributed by atoms with E-state index in [1.54, 1.807) is 0 Å². The first-order valence-corrected chi connectivity index (χ1v) is 40.8. The Hall–Kier alpha value is -10.9. The molecular weight excluding hydrogens is 1350 g/mol. The van der Waals surface area contributed by atoms with Gasteiger partial charge in [-0.05, 0) is 201 Å². The minimum Gasteiger partial charge on any atom is -0.310 e. The minimum atomic E-state index is -0.333. The molecule has 0 saturated heterocycles. The summed E-state index contributed by atoms with van der Waals surface area (Å²) < 4.78 is 2.62. The van der Waals surface area contributed by atoms with Gasteiger partial charge in [0.2, 0.25) is 0 Å². The number of para-hydroxylation sites is 2. The summed E-state index contributed by atoms with van der Waals surface area (Å²) in [6, 6.07) is 103. The van der Waals surface area contributed by atoms with E-state index in [-0.39, 0.29) is 44.6 Å². The number of nitrogens with zero attached hydrogens (tertiary/aromatic N) is 3. The Balaban J connectivity index is 1.03. The molecule has 0 unspecified atom stereocenters. The van der Waals surface area contributed by atoms with Crippen molar-refractivity contribution in [1.29, 1.82) is 0 Å². The highest BCUT2D eigenvalue weighted by molar-refractivity contribution is 7.00. The highest BCUT2D eigenvalue weighted by Gasteiger charge is 2.47. The van der Waals surface area contributed by atoms with Crippen LogP contribution in [0.5, 0.6) is 0 Å². The summed E-state index contributed by atoms with van der Waals surface area (Å²) >= 11 is 0. The lowest BCUT2D eigenvalue weighted by molar-refractivity contribution is 0.569. The molecule has 0 bridgehead atoms. The van der Waals surface area contributed by atoms with Crippen LogP contribution in [0.15, 0.2) is 261 Å². The Morgan fingerprint density at radius 3 is 0.982 bits per heavy atom. The Bertz CT molecular complexity index is 6210. The third-order valence-corrected chi connectivity index (χ3v) is 24.9. The zero-order chi connectivity index (χ0) is 78.6. The van der Waals surface area contributed by atoms with Crippen molar-refractivity contribution in [3.8, 4) is 61.3 Å². The van der Waals surface area contributed by atoms with Gasteiger partial charge >= 0.3 is 0 Å². The fourth-order valence-electron chi connectivity index (χ4n) is 18.5. The Labute approximate surface area is 665 Å². The number of hydrogen-bond donors (Lipinski definition) is 0. The molecule has 3 nitrogen and oxygen atoms in total. The number of aromatic nitrogens is 1. The summed E-state index contributed by atoms with van der Waals surface area (Å²) in [5.41, 5.74) is 34.3. The van der Waals surface area contributed by atoms with E-state index >= 15 is 0 Å². The van der Waals surface area contributed by atoms with Crippen molar-refractivity contribution in [2.24, 2.45) is 0 Å². The number of fused-ring (bicyclic) bond motifs is 5. The summed E-state index contributed by atoms with van der Waals surface area (Å²) in [7, 11) is 0. The molecule has 2 aliphatic heterocycles. The van der Waals surface area contributed by atoms with E-state index in [1.165, 1.54) is 182 Å². The standard InChI is InChI=1S/C108H106BN3/c1-102(2,3)73-36-22-32-68(54-73)81-40-28-41-82(69-33-23-37-74(55-69)103(4,5)6)100(81)111-89-51-48-67(72-58-77(106(13,14)15)61-78(59-72)107(16,17)18)60-88(89)109-87-50-49-80(110-90-52-46-65-30-26-44-85-86-45-27-31-66-47-53-91(110)98(96(66)86)97(90)95(65)85)64-92(87)112(94-63-79(108(19,20)21)62-93(111)99(94)109)101-83(70-34-24-38-75(56-70)104(7,8)9)42-29-43-84(101)71-35-25-39-76(57-71)105(10,11)12/h22-64H,1-21H3. The van der Waals surface area contributed by atoms with E-state index in [0.717, 1.165) is 22.7 Å². The molecule has 112 heavy (non-hydrogen) atoms. The van der Waals surface area contributed by atoms with Gasteiger partial charge in [0.15, 0.2) is 0 Å². The van der Waals surface area contributed by atoms with E-state index in [1.807, 2.05) is 0 Å². The maximum absolute atomic E-state index is 2.79. The van der Waals surface area contributed by atoms with Crippen LogP contribution in [-0.2, 0) is 37.9 Å². The van der Waals surface area contributed by atoms with E-state index in [2.05, 4.69) is 421 Å². The van der Waals surface area contributed by atoms with Crippen LogP contribution in [0.1, 0.15) is 184 Å². The van der Waals surface area contributed by atoms with Crippen LogP contribution < -0.4 is 26.2 Å². The third kappa shape index (κ3) is 11.9. The smallest absolute Gasteiger partial charge is 0.252 e. The van der Waals surface area contributed by atoms with Crippen molar-refractivity contribution < 1.29 is 0 Å². The van der Waals surface area contributed by atoms with Crippen molar-refractivity contribution in [1.82, 2.24) is 4.57 Å². The molecule has 18 rings (SSSR count). The highest BCUT2D eigenvalue weighted by Crippen LogP contribution is 2.56. The summed E-state index contributed by atoms with van der Waals surface area (Å²) in [4.78, 5) is 5.55. The first-order chi connectivity index (χ1) is 53.0. The summed E-state index contributed by atoms with van der Waals surface area (Å²) in [6.45, 7) is 49.4. The molecule has 0 spiro atoms. The van der Waals surface area contributed by atoms with Gasteiger partial charge in [-0.1, -0.05) is 364 Å². The average molecular weight is 1460 g/mol. The topological polar surface area (TPSA) is 11.4 Å². The largest absolute Gasteiger partial charge is 0.310 e. The van der Waals surface area contributed by atoms with Crippen LogP contribution in [0.25, 0.3) is 115 Å². The second-order valence-corrected chi connectivity index (χ2v) is 39.9. The molecule has 3 heterocycles. The minimum absolute atomic E-state index is 0.103. The molecule has 0 amide bonds. The van der Waals surface area contributed by atoms with Gasteiger partial charge < -0.3 is 14.4 Å². The van der Waals surface area contributed by atoms with Crippen molar-refractivity contribution >= 4 is 111 Å². The average Bonchev–Trinajstić information content (AvgIpc) is 1.18. The van der Waals surface area contributed by atoms with Gasteiger partial charge in [-0.3, -0.25) is 0 Å². The van der Waals surface area contributed by atoms with E-state index < -0.39 is 0 Å². The second-order valence-electron chi connectivity index (χ2n) is 39.9. The normalized spacial score (nSPS) is 13.7. The number of rotatable bonds is 8. The molecule has 16 aromatic rings. The van der Waals surface area contributed by atoms with Gasteiger partial charge in [-0.25, -0.2) is 0 Å². The lowest BCUT2D eigenvalue weighted by Crippen LogP contribution is -2.61. The van der Waals surface area contributed by atoms with Crippen LogP contribution in [0.3, 0.4) is 0 Å². The van der Waals surface area contributed by atoms with E-state index in [9.17, 15) is 0 Å². The maximum Gasteiger partial charge on any atom is 0.252 e. The van der Waals surface area contributed by atoms with Gasteiger partial charge in [-0.15, -0.1) is 0 Å². The van der Waals surface area contributed by atoms with Gasteiger partial charge in [0, 0.05) is 61.5 Å². The molecule has 0 saturated carbocycles. The molecule has 15 aromatic carbocycles. The lowest BCUT2D eigenvalue weighted by Gasteiger charge is -2.46. The third-order valence-electron chi connectivity index (χ3n) is 24.9. The summed E-state index contributed by atoms with van der Waals surface area (Å²) in [5, 5.41) is 10.4. The zero-order valence-electron chi connectivity index (χ0n) is 69.7. The van der Waals surface area contributed by atoms with Crippen molar-refractivity contribution in [3.63, 3.8) is 0 Å². The fourth-order valence-corrected chi connectivity index (χ4v) is 18.5. The lowest BCUT2D eigenvalue weighted by atomic mass is 9.33. The van der Waals surface area contributed by atoms with Gasteiger partial charge in [0.1, 0.15) is 0 Å². The molecule has 2 aliphatic rings. The van der Waals surface area contributed by atoms with Crippen LogP contribution in [-0.4, -0.2) is 11.3 Å². The first kappa shape index (κ1) is 72.6. The fraction of sp³-hybridized carbons (Fsp3) is 0.259. The van der Waals surface area contributed by atoms with Crippen LogP contribution in [0, 0.1) is 0 Å². The summed E-state index contributed by atoms with van der Waals surface area (Å²) in [6.07, 6.45) is 0. The highest BCUT2D eigenvalue weighted by atomic mass is 15.2. The van der Waals surface area contributed by atoms with Crippen LogP contribution in [0.2, 0.25) is 0 Å². The molecule has 0 aliphatic carbocycles. The van der Waals surface area contributed by atoms with Gasteiger partial charge in [0.05, 0.1) is 22.4 Å².